The molecule has 1 aliphatic heterocycles. The molecular formula is C23H28N4O. The number of anilines is 1. The Morgan fingerprint density at radius 1 is 0.929 bits per heavy atom. The molecule has 4 rings (SSSR count). The van der Waals surface area contributed by atoms with E-state index in [0.717, 1.165) is 61.6 Å². The lowest BCUT2D eigenvalue weighted by Crippen LogP contribution is -2.47. The van der Waals surface area contributed by atoms with E-state index in [1.807, 2.05) is 32.2 Å². The molecule has 0 saturated carbocycles. The van der Waals surface area contributed by atoms with Crippen LogP contribution in [-0.4, -0.2) is 47.0 Å². The Hall–Kier alpha value is -2.66. The van der Waals surface area contributed by atoms with E-state index < -0.39 is 0 Å². The number of aromatic nitrogens is 2. The van der Waals surface area contributed by atoms with Gasteiger partial charge in [0.25, 0.3) is 5.56 Å². The number of hydrogen-bond donors (Lipinski definition) is 0. The van der Waals surface area contributed by atoms with E-state index >= 15 is 0 Å². The number of fused-ring (bicyclic) bond motifs is 1. The van der Waals surface area contributed by atoms with E-state index in [2.05, 4.69) is 46.0 Å². The predicted octanol–water partition coefficient (Wildman–Crippen LogP) is 2.98. The molecule has 2 aromatic heterocycles. The van der Waals surface area contributed by atoms with Crippen molar-refractivity contribution in [1.29, 1.82) is 0 Å². The summed E-state index contributed by atoms with van der Waals surface area (Å²) in [5.41, 5.74) is 6.21. The maximum Gasteiger partial charge on any atom is 0.261 e. The topological polar surface area (TPSA) is 40.9 Å². The van der Waals surface area contributed by atoms with Gasteiger partial charge < -0.3 is 4.90 Å². The number of pyridine rings is 1. The largest absolute Gasteiger partial charge is 0.369 e. The van der Waals surface area contributed by atoms with Crippen LogP contribution >= 0.6 is 0 Å². The molecule has 1 aliphatic rings. The summed E-state index contributed by atoms with van der Waals surface area (Å²) in [6.07, 6.45) is 2.59. The highest BCUT2D eigenvalue weighted by atomic mass is 16.1. The minimum atomic E-state index is 0.0702. The molecule has 1 fully saturated rings. The van der Waals surface area contributed by atoms with E-state index in [9.17, 15) is 4.79 Å². The second-order valence-corrected chi connectivity index (χ2v) is 7.83. The zero-order valence-corrected chi connectivity index (χ0v) is 17.0. The highest BCUT2D eigenvalue weighted by molar-refractivity contribution is 5.48. The Balaban J connectivity index is 1.41. The Kier molecular flexibility index (Phi) is 5.18. The van der Waals surface area contributed by atoms with Crippen LogP contribution in [0.5, 0.6) is 0 Å². The Morgan fingerprint density at radius 3 is 2.36 bits per heavy atom. The standard InChI is InChI=1S/C23H28N4O/c1-17-4-6-20(7-5-17)26-14-12-25(13-15-26)10-9-21-19(3)24-22-16-18(2)8-11-27(22)23(21)28/h4-8,11,16H,9-10,12-15H2,1-3H3. The third-order valence-electron chi connectivity index (χ3n) is 5.74. The molecular weight excluding hydrogens is 348 g/mol. The van der Waals surface area contributed by atoms with Gasteiger partial charge in [-0.15, -0.1) is 0 Å². The Labute approximate surface area is 166 Å². The molecule has 0 atom stereocenters. The smallest absolute Gasteiger partial charge is 0.261 e. The summed E-state index contributed by atoms with van der Waals surface area (Å²) < 4.78 is 1.67. The third-order valence-corrected chi connectivity index (χ3v) is 5.74. The van der Waals surface area contributed by atoms with E-state index in [4.69, 9.17) is 0 Å². The number of hydrogen-bond acceptors (Lipinski definition) is 4. The molecule has 0 amide bonds. The molecule has 0 aliphatic carbocycles. The summed E-state index contributed by atoms with van der Waals surface area (Å²) in [5.74, 6) is 0. The van der Waals surface area contributed by atoms with Crippen LogP contribution in [0.15, 0.2) is 47.4 Å². The molecule has 5 heteroatoms. The predicted molar refractivity (Wildman–Crippen MR) is 114 cm³/mol. The molecule has 0 bridgehead atoms. The lowest BCUT2D eigenvalue weighted by atomic mass is 10.1. The van der Waals surface area contributed by atoms with Crippen molar-refractivity contribution in [3.8, 4) is 0 Å². The fraction of sp³-hybridized carbons (Fsp3) is 0.391. The molecule has 5 nitrogen and oxygen atoms in total. The average molecular weight is 377 g/mol. The maximum absolute atomic E-state index is 12.9. The van der Waals surface area contributed by atoms with E-state index in [-0.39, 0.29) is 5.56 Å². The van der Waals surface area contributed by atoms with Crippen molar-refractivity contribution in [3.63, 3.8) is 0 Å². The van der Waals surface area contributed by atoms with Crippen LogP contribution in [0.25, 0.3) is 5.65 Å². The van der Waals surface area contributed by atoms with Gasteiger partial charge in [0.15, 0.2) is 0 Å². The Morgan fingerprint density at radius 2 is 1.64 bits per heavy atom. The summed E-state index contributed by atoms with van der Waals surface area (Å²) >= 11 is 0. The molecule has 146 valence electrons. The first-order valence-corrected chi connectivity index (χ1v) is 10.0. The van der Waals surface area contributed by atoms with Crippen LogP contribution < -0.4 is 10.5 Å². The first-order valence-electron chi connectivity index (χ1n) is 10.0. The van der Waals surface area contributed by atoms with Gasteiger partial charge in [-0.1, -0.05) is 17.7 Å². The van der Waals surface area contributed by atoms with Crippen molar-refractivity contribution in [2.45, 2.75) is 27.2 Å². The second kappa shape index (κ2) is 7.76. The molecule has 0 N–H and O–H groups in total. The number of rotatable bonds is 4. The summed E-state index contributed by atoms with van der Waals surface area (Å²) in [6.45, 7) is 11.1. The number of aryl methyl sites for hydroxylation is 3. The SMILES string of the molecule is Cc1ccc(N2CCN(CCc3c(C)nc4cc(C)ccn4c3=O)CC2)cc1. The average Bonchev–Trinajstić information content (AvgIpc) is 2.68. The van der Waals surface area contributed by atoms with E-state index in [0.29, 0.717) is 0 Å². The molecule has 3 aromatic rings. The van der Waals surface area contributed by atoms with Gasteiger partial charge in [-0.25, -0.2) is 4.98 Å². The van der Waals surface area contributed by atoms with Crippen molar-refractivity contribution in [2.75, 3.05) is 37.6 Å². The maximum atomic E-state index is 12.9. The zero-order valence-electron chi connectivity index (χ0n) is 17.0. The quantitative estimate of drug-likeness (QED) is 0.702. The highest BCUT2D eigenvalue weighted by Crippen LogP contribution is 2.17. The molecule has 0 radical (unpaired) electrons. The normalized spacial score (nSPS) is 15.3. The van der Waals surface area contributed by atoms with Crippen molar-refractivity contribution >= 4 is 11.3 Å². The summed E-state index contributed by atoms with van der Waals surface area (Å²) in [7, 11) is 0. The number of benzene rings is 1. The van der Waals surface area contributed by atoms with Gasteiger partial charge in [0.1, 0.15) is 5.65 Å². The van der Waals surface area contributed by atoms with Crippen LogP contribution in [0.3, 0.4) is 0 Å². The van der Waals surface area contributed by atoms with Gasteiger partial charge in [0.05, 0.1) is 0 Å². The lowest BCUT2D eigenvalue weighted by Gasteiger charge is -2.36. The van der Waals surface area contributed by atoms with Crippen LogP contribution in [0, 0.1) is 20.8 Å². The van der Waals surface area contributed by atoms with Gasteiger partial charge in [-0.2, -0.15) is 0 Å². The van der Waals surface area contributed by atoms with Crippen molar-refractivity contribution in [3.05, 3.63) is 75.3 Å². The number of nitrogens with zero attached hydrogens (tertiary/aromatic N) is 4. The molecule has 0 unspecified atom stereocenters. The summed E-state index contributed by atoms with van der Waals surface area (Å²) in [4.78, 5) is 22.4. The fourth-order valence-corrected chi connectivity index (χ4v) is 3.93. The molecule has 1 aromatic carbocycles. The summed E-state index contributed by atoms with van der Waals surface area (Å²) in [6, 6.07) is 12.7. The minimum Gasteiger partial charge on any atom is -0.369 e. The lowest BCUT2D eigenvalue weighted by molar-refractivity contribution is 0.260. The van der Waals surface area contributed by atoms with Gasteiger partial charge in [0, 0.05) is 55.9 Å². The van der Waals surface area contributed by atoms with E-state index in [1.54, 1.807) is 4.40 Å². The third kappa shape index (κ3) is 3.80. The van der Waals surface area contributed by atoms with Gasteiger partial charge >= 0.3 is 0 Å². The zero-order chi connectivity index (χ0) is 19.7. The van der Waals surface area contributed by atoms with Crippen LogP contribution in [0.2, 0.25) is 0 Å². The monoisotopic (exact) mass is 376 g/mol. The van der Waals surface area contributed by atoms with Crippen molar-refractivity contribution < 1.29 is 0 Å². The highest BCUT2D eigenvalue weighted by Gasteiger charge is 2.18. The first-order chi connectivity index (χ1) is 13.5. The molecule has 1 saturated heterocycles. The van der Waals surface area contributed by atoms with Gasteiger partial charge in [-0.05, 0) is 57.0 Å². The van der Waals surface area contributed by atoms with Crippen molar-refractivity contribution in [1.82, 2.24) is 14.3 Å². The molecule has 3 heterocycles. The van der Waals surface area contributed by atoms with Crippen LogP contribution in [-0.2, 0) is 6.42 Å². The second-order valence-electron chi connectivity index (χ2n) is 7.83. The summed E-state index contributed by atoms with van der Waals surface area (Å²) in [5, 5.41) is 0. The fourth-order valence-electron chi connectivity index (χ4n) is 3.93. The molecule has 28 heavy (non-hydrogen) atoms. The molecule has 0 spiro atoms. The van der Waals surface area contributed by atoms with Crippen LogP contribution in [0.1, 0.15) is 22.4 Å². The first kappa shape index (κ1) is 18.7. The number of piperazine rings is 1. The minimum absolute atomic E-state index is 0.0702. The van der Waals surface area contributed by atoms with Crippen LogP contribution in [0.4, 0.5) is 5.69 Å². The van der Waals surface area contributed by atoms with Gasteiger partial charge in [-0.3, -0.25) is 14.1 Å². The van der Waals surface area contributed by atoms with Crippen molar-refractivity contribution in [2.24, 2.45) is 0 Å². The van der Waals surface area contributed by atoms with Gasteiger partial charge in [0.2, 0.25) is 0 Å². The Bertz CT molecular complexity index is 1030. The van der Waals surface area contributed by atoms with E-state index in [1.165, 1.54) is 11.3 Å².